The SMILES string of the molecule is COc1ccc(CN(CCCN)CC2CCCCC2)cc1[N+](=O)[O-]. The van der Waals surface area contributed by atoms with Gasteiger partial charge in [0.1, 0.15) is 0 Å². The Bertz CT molecular complexity index is 530. The summed E-state index contributed by atoms with van der Waals surface area (Å²) in [7, 11) is 1.46. The Morgan fingerprint density at radius 2 is 2.08 bits per heavy atom. The summed E-state index contributed by atoms with van der Waals surface area (Å²) in [4.78, 5) is 13.2. The van der Waals surface area contributed by atoms with E-state index in [0.717, 1.165) is 37.5 Å². The van der Waals surface area contributed by atoms with E-state index < -0.39 is 0 Å². The molecule has 2 N–H and O–H groups in total. The van der Waals surface area contributed by atoms with Crippen molar-refractivity contribution in [2.75, 3.05) is 26.7 Å². The van der Waals surface area contributed by atoms with Crippen molar-refractivity contribution in [3.63, 3.8) is 0 Å². The quantitative estimate of drug-likeness (QED) is 0.553. The van der Waals surface area contributed by atoms with E-state index in [0.29, 0.717) is 12.3 Å². The molecule has 0 heterocycles. The van der Waals surface area contributed by atoms with Gasteiger partial charge in [-0.15, -0.1) is 0 Å². The highest BCUT2D eigenvalue weighted by molar-refractivity contribution is 5.48. The molecule has 0 spiro atoms. The van der Waals surface area contributed by atoms with Gasteiger partial charge in [0.15, 0.2) is 5.75 Å². The first-order valence-corrected chi connectivity index (χ1v) is 8.87. The lowest BCUT2D eigenvalue weighted by Crippen LogP contribution is -2.32. The average molecular weight is 335 g/mol. The highest BCUT2D eigenvalue weighted by Crippen LogP contribution is 2.29. The van der Waals surface area contributed by atoms with E-state index in [1.807, 2.05) is 6.07 Å². The lowest BCUT2D eigenvalue weighted by atomic mass is 9.89. The maximum Gasteiger partial charge on any atom is 0.311 e. The summed E-state index contributed by atoms with van der Waals surface area (Å²) in [5.74, 6) is 1.05. The first kappa shape index (κ1) is 18.7. The maximum atomic E-state index is 11.2. The number of nitrogens with zero attached hydrogens (tertiary/aromatic N) is 2. The third-order valence-corrected chi connectivity index (χ3v) is 4.77. The number of rotatable bonds is 9. The topological polar surface area (TPSA) is 81.6 Å². The molecule has 6 heteroatoms. The van der Waals surface area contributed by atoms with Crippen LogP contribution in [-0.4, -0.2) is 36.6 Å². The normalized spacial score (nSPS) is 15.6. The monoisotopic (exact) mass is 335 g/mol. The predicted octanol–water partition coefficient (Wildman–Crippen LogP) is 3.33. The predicted molar refractivity (Wildman–Crippen MR) is 95.2 cm³/mol. The summed E-state index contributed by atoms with van der Waals surface area (Å²) in [6, 6.07) is 5.24. The molecule has 1 aromatic rings. The second-order valence-corrected chi connectivity index (χ2v) is 6.64. The van der Waals surface area contributed by atoms with Crippen LogP contribution in [0.3, 0.4) is 0 Å². The molecule has 1 aliphatic carbocycles. The highest BCUT2D eigenvalue weighted by atomic mass is 16.6. The number of nitro groups is 1. The Balaban J connectivity index is 2.06. The van der Waals surface area contributed by atoms with E-state index in [2.05, 4.69) is 4.90 Å². The average Bonchev–Trinajstić information content (AvgIpc) is 2.60. The molecule has 0 radical (unpaired) electrons. The fourth-order valence-electron chi connectivity index (χ4n) is 3.52. The molecule has 0 atom stereocenters. The Hall–Kier alpha value is -1.66. The molecule has 1 saturated carbocycles. The fraction of sp³-hybridized carbons (Fsp3) is 0.667. The summed E-state index contributed by atoms with van der Waals surface area (Å²) in [6.07, 6.45) is 7.53. The Morgan fingerprint density at radius 1 is 1.33 bits per heavy atom. The van der Waals surface area contributed by atoms with Crippen LogP contribution >= 0.6 is 0 Å². The van der Waals surface area contributed by atoms with Crippen LogP contribution in [0.1, 0.15) is 44.1 Å². The van der Waals surface area contributed by atoms with Crippen LogP contribution in [0, 0.1) is 16.0 Å². The lowest BCUT2D eigenvalue weighted by Gasteiger charge is -2.29. The van der Waals surface area contributed by atoms with Crippen molar-refractivity contribution in [2.45, 2.75) is 45.1 Å². The zero-order valence-corrected chi connectivity index (χ0v) is 14.6. The molecule has 0 aliphatic heterocycles. The number of hydrogen-bond acceptors (Lipinski definition) is 5. The molecule has 1 aromatic carbocycles. The van der Waals surface area contributed by atoms with Gasteiger partial charge in [0.05, 0.1) is 12.0 Å². The Morgan fingerprint density at radius 3 is 2.71 bits per heavy atom. The minimum Gasteiger partial charge on any atom is -0.490 e. The van der Waals surface area contributed by atoms with E-state index >= 15 is 0 Å². The van der Waals surface area contributed by atoms with Crippen molar-refractivity contribution >= 4 is 5.69 Å². The molecule has 0 amide bonds. The first-order valence-electron chi connectivity index (χ1n) is 8.87. The van der Waals surface area contributed by atoms with Gasteiger partial charge in [-0.05, 0) is 49.9 Å². The molecule has 6 nitrogen and oxygen atoms in total. The highest BCUT2D eigenvalue weighted by Gasteiger charge is 2.19. The van der Waals surface area contributed by atoms with E-state index in [4.69, 9.17) is 10.5 Å². The molecule has 134 valence electrons. The fourth-order valence-corrected chi connectivity index (χ4v) is 3.52. The zero-order chi connectivity index (χ0) is 17.4. The molecule has 24 heavy (non-hydrogen) atoms. The number of methoxy groups -OCH3 is 1. The minimum absolute atomic E-state index is 0.0337. The largest absolute Gasteiger partial charge is 0.490 e. The molecule has 0 saturated heterocycles. The van der Waals surface area contributed by atoms with Crippen molar-refractivity contribution in [2.24, 2.45) is 11.7 Å². The Kier molecular flexibility index (Phi) is 7.46. The van der Waals surface area contributed by atoms with Gasteiger partial charge in [0.25, 0.3) is 0 Å². The zero-order valence-electron chi connectivity index (χ0n) is 14.6. The number of nitrogens with two attached hydrogens (primary N) is 1. The molecular weight excluding hydrogens is 306 g/mol. The van der Waals surface area contributed by atoms with Gasteiger partial charge in [-0.2, -0.15) is 0 Å². The summed E-state index contributed by atoms with van der Waals surface area (Å²) >= 11 is 0. The van der Waals surface area contributed by atoms with Crippen molar-refractivity contribution in [1.82, 2.24) is 4.90 Å². The molecular formula is C18H29N3O3. The van der Waals surface area contributed by atoms with Crippen molar-refractivity contribution in [3.05, 3.63) is 33.9 Å². The van der Waals surface area contributed by atoms with E-state index in [-0.39, 0.29) is 10.6 Å². The summed E-state index contributed by atoms with van der Waals surface area (Å²) in [5, 5.41) is 11.2. The lowest BCUT2D eigenvalue weighted by molar-refractivity contribution is -0.385. The molecule has 1 aliphatic rings. The molecule has 0 aromatic heterocycles. The minimum atomic E-state index is -0.381. The molecule has 0 bridgehead atoms. The number of benzene rings is 1. The Labute approximate surface area is 144 Å². The third-order valence-electron chi connectivity index (χ3n) is 4.77. The van der Waals surface area contributed by atoms with Gasteiger partial charge < -0.3 is 10.5 Å². The van der Waals surface area contributed by atoms with Crippen LogP contribution in [-0.2, 0) is 6.54 Å². The van der Waals surface area contributed by atoms with Crippen LogP contribution in [0.5, 0.6) is 5.75 Å². The van der Waals surface area contributed by atoms with Crippen LogP contribution in [0.4, 0.5) is 5.69 Å². The second-order valence-electron chi connectivity index (χ2n) is 6.64. The van der Waals surface area contributed by atoms with Gasteiger partial charge >= 0.3 is 5.69 Å². The van der Waals surface area contributed by atoms with Gasteiger partial charge in [0, 0.05) is 19.2 Å². The second kappa shape index (κ2) is 9.59. The van der Waals surface area contributed by atoms with Crippen molar-refractivity contribution in [3.8, 4) is 5.75 Å². The van der Waals surface area contributed by atoms with Gasteiger partial charge in [0.2, 0.25) is 0 Å². The molecule has 1 fully saturated rings. The molecule has 2 rings (SSSR count). The number of hydrogen-bond donors (Lipinski definition) is 1. The van der Waals surface area contributed by atoms with Gasteiger partial charge in [-0.3, -0.25) is 15.0 Å². The van der Waals surface area contributed by atoms with E-state index in [1.165, 1.54) is 39.2 Å². The van der Waals surface area contributed by atoms with Crippen LogP contribution in [0.2, 0.25) is 0 Å². The third kappa shape index (κ3) is 5.46. The van der Waals surface area contributed by atoms with Crippen LogP contribution in [0.15, 0.2) is 18.2 Å². The summed E-state index contributed by atoms with van der Waals surface area (Å²) in [6.45, 7) is 3.39. The number of nitro benzene ring substituents is 1. The van der Waals surface area contributed by atoms with Gasteiger partial charge in [-0.25, -0.2) is 0 Å². The van der Waals surface area contributed by atoms with Gasteiger partial charge in [-0.1, -0.05) is 25.3 Å². The van der Waals surface area contributed by atoms with Crippen molar-refractivity contribution < 1.29 is 9.66 Å². The van der Waals surface area contributed by atoms with Crippen LogP contribution < -0.4 is 10.5 Å². The number of ether oxygens (including phenoxy) is 1. The van der Waals surface area contributed by atoms with E-state index in [9.17, 15) is 10.1 Å². The summed E-state index contributed by atoms with van der Waals surface area (Å²) in [5.41, 5.74) is 6.66. The molecule has 0 unspecified atom stereocenters. The van der Waals surface area contributed by atoms with Crippen LogP contribution in [0.25, 0.3) is 0 Å². The smallest absolute Gasteiger partial charge is 0.311 e. The summed E-state index contributed by atoms with van der Waals surface area (Å²) < 4.78 is 5.08. The standard InChI is InChI=1S/C18H29N3O3/c1-24-18-9-8-16(12-17(18)21(22)23)14-20(11-5-10-19)13-15-6-3-2-4-7-15/h8-9,12,15H,2-7,10-11,13-14,19H2,1H3. The maximum absolute atomic E-state index is 11.2. The van der Waals surface area contributed by atoms with Crippen molar-refractivity contribution in [1.29, 1.82) is 0 Å². The van der Waals surface area contributed by atoms with E-state index in [1.54, 1.807) is 12.1 Å². The first-order chi connectivity index (χ1) is 11.6.